The third kappa shape index (κ3) is 7.11. The smallest absolute Gasteiger partial charge is 0.338 e. The topological polar surface area (TPSA) is 38.3 Å². The third-order valence-corrected chi connectivity index (χ3v) is 3.22. The number of nitrogens with one attached hydrogen (secondary N) is 1. The van der Waals surface area contributed by atoms with Gasteiger partial charge in [-0.1, -0.05) is 29.4 Å². The van der Waals surface area contributed by atoms with Crippen LogP contribution in [0.25, 0.3) is 0 Å². The zero-order valence-electron chi connectivity index (χ0n) is 14.1. The van der Waals surface area contributed by atoms with Gasteiger partial charge in [0.2, 0.25) is 0 Å². The summed E-state index contributed by atoms with van der Waals surface area (Å²) in [6, 6.07) is 7.41. The molecule has 0 heterocycles. The van der Waals surface area contributed by atoms with Crippen LogP contribution in [-0.4, -0.2) is 19.1 Å². The Morgan fingerprint density at radius 3 is 2.68 bits per heavy atom. The van der Waals surface area contributed by atoms with Crippen LogP contribution in [-0.2, 0) is 4.74 Å². The lowest BCUT2D eigenvalue weighted by Gasteiger charge is -2.07. The molecule has 0 saturated carbocycles. The second-order valence-electron chi connectivity index (χ2n) is 5.55. The van der Waals surface area contributed by atoms with Crippen LogP contribution in [0.15, 0.2) is 47.6 Å². The Hall–Kier alpha value is -2.03. The molecule has 0 radical (unpaired) electrons. The summed E-state index contributed by atoms with van der Waals surface area (Å²) < 4.78 is 5.01. The molecule has 3 nitrogen and oxygen atoms in total. The number of hydrogen-bond acceptors (Lipinski definition) is 3. The van der Waals surface area contributed by atoms with E-state index >= 15 is 0 Å². The minimum Gasteiger partial charge on any atom is -0.462 e. The van der Waals surface area contributed by atoms with Crippen molar-refractivity contribution in [3.8, 4) is 0 Å². The average Bonchev–Trinajstić information content (AvgIpc) is 2.47. The second kappa shape index (κ2) is 9.82. The molecule has 0 atom stereocenters. The molecule has 0 unspecified atom stereocenters. The molecule has 3 heteroatoms. The van der Waals surface area contributed by atoms with Crippen LogP contribution in [0.2, 0.25) is 0 Å². The van der Waals surface area contributed by atoms with E-state index in [2.05, 4.69) is 38.2 Å². The van der Waals surface area contributed by atoms with E-state index in [-0.39, 0.29) is 5.97 Å². The highest BCUT2D eigenvalue weighted by atomic mass is 16.5. The predicted octanol–water partition coefficient (Wildman–Crippen LogP) is 4.97. The maximum atomic E-state index is 11.7. The van der Waals surface area contributed by atoms with Crippen molar-refractivity contribution in [3.63, 3.8) is 0 Å². The molecule has 0 aliphatic heterocycles. The van der Waals surface area contributed by atoms with Gasteiger partial charge in [0.1, 0.15) is 0 Å². The van der Waals surface area contributed by atoms with Gasteiger partial charge in [0.25, 0.3) is 0 Å². The molecule has 1 aromatic rings. The number of allylic oxidation sites excluding steroid dienone is 3. The Kier molecular flexibility index (Phi) is 8.05. The van der Waals surface area contributed by atoms with Crippen molar-refractivity contribution in [1.29, 1.82) is 0 Å². The highest BCUT2D eigenvalue weighted by Gasteiger charge is 2.05. The molecule has 0 aliphatic rings. The van der Waals surface area contributed by atoms with Gasteiger partial charge in [-0.25, -0.2) is 4.79 Å². The third-order valence-electron chi connectivity index (χ3n) is 3.22. The summed E-state index contributed by atoms with van der Waals surface area (Å²) >= 11 is 0. The summed E-state index contributed by atoms with van der Waals surface area (Å²) in [7, 11) is 0. The summed E-state index contributed by atoms with van der Waals surface area (Å²) in [5.41, 5.74) is 4.24. The van der Waals surface area contributed by atoms with E-state index in [1.807, 2.05) is 25.1 Å². The molecule has 0 fully saturated rings. The van der Waals surface area contributed by atoms with Gasteiger partial charge in [-0.15, -0.1) is 0 Å². The summed E-state index contributed by atoms with van der Waals surface area (Å²) in [4.78, 5) is 11.7. The fourth-order valence-corrected chi connectivity index (χ4v) is 2.00. The Morgan fingerprint density at radius 2 is 2.00 bits per heavy atom. The number of benzene rings is 1. The van der Waals surface area contributed by atoms with Crippen LogP contribution in [0.5, 0.6) is 0 Å². The van der Waals surface area contributed by atoms with E-state index < -0.39 is 0 Å². The average molecular weight is 301 g/mol. The van der Waals surface area contributed by atoms with Gasteiger partial charge < -0.3 is 10.1 Å². The molecule has 1 rings (SSSR count). The van der Waals surface area contributed by atoms with Gasteiger partial charge in [-0.3, -0.25) is 0 Å². The van der Waals surface area contributed by atoms with E-state index in [4.69, 9.17) is 4.74 Å². The highest BCUT2D eigenvalue weighted by molar-refractivity contribution is 5.90. The normalized spacial score (nSPS) is 11.0. The van der Waals surface area contributed by atoms with Crippen molar-refractivity contribution in [2.24, 2.45) is 0 Å². The van der Waals surface area contributed by atoms with Crippen molar-refractivity contribution in [2.45, 2.75) is 40.5 Å². The zero-order valence-corrected chi connectivity index (χ0v) is 14.1. The first-order chi connectivity index (χ1) is 10.5. The molecule has 0 bridgehead atoms. The summed E-state index contributed by atoms with van der Waals surface area (Å²) in [6.07, 6.45) is 6.61. The van der Waals surface area contributed by atoms with Crippen molar-refractivity contribution < 1.29 is 9.53 Å². The molecular formula is C19H27NO2. The van der Waals surface area contributed by atoms with E-state index in [0.717, 1.165) is 25.1 Å². The molecule has 1 N–H and O–H groups in total. The van der Waals surface area contributed by atoms with Gasteiger partial charge in [-0.2, -0.15) is 0 Å². The number of hydrogen-bond donors (Lipinski definition) is 1. The van der Waals surface area contributed by atoms with E-state index in [1.54, 1.807) is 6.07 Å². The molecular weight excluding hydrogens is 274 g/mol. The first kappa shape index (κ1) is 18.0. The number of rotatable bonds is 8. The molecule has 0 aliphatic carbocycles. The minimum absolute atomic E-state index is 0.278. The number of ether oxygens (including phenoxy) is 1. The van der Waals surface area contributed by atoms with Crippen LogP contribution < -0.4 is 5.32 Å². The van der Waals surface area contributed by atoms with Gasteiger partial charge in [0.05, 0.1) is 12.2 Å². The van der Waals surface area contributed by atoms with Crippen LogP contribution in [0, 0.1) is 0 Å². The van der Waals surface area contributed by atoms with E-state index in [0.29, 0.717) is 12.2 Å². The molecule has 0 saturated heterocycles. The standard InChI is InChI=1S/C19H27NO2/c1-5-22-19(21)17-10-7-11-18(14-17)20-13-12-16(4)9-6-8-15(2)3/h7-8,10-12,14,20H,5-6,9,13H2,1-4H3/b16-12+. The number of carbonyl (C=O) groups is 1. The van der Waals surface area contributed by atoms with Crippen molar-refractivity contribution in [1.82, 2.24) is 0 Å². The fraction of sp³-hybridized carbons (Fsp3) is 0.421. The SMILES string of the molecule is CCOC(=O)c1cccc(NC/C=C(\C)CCC=C(C)C)c1. The van der Waals surface area contributed by atoms with Crippen molar-refractivity contribution in [2.75, 3.05) is 18.5 Å². The molecule has 120 valence electrons. The summed E-state index contributed by atoms with van der Waals surface area (Å²) in [6.45, 7) is 9.35. The lowest BCUT2D eigenvalue weighted by molar-refractivity contribution is 0.0526. The van der Waals surface area contributed by atoms with Gasteiger partial charge in [0.15, 0.2) is 0 Å². The molecule has 0 spiro atoms. The molecule has 0 aromatic heterocycles. The van der Waals surface area contributed by atoms with Crippen molar-refractivity contribution >= 4 is 11.7 Å². The van der Waals surface area contributed by atoms with Crippen LogP contribution in [0.1, 0.15) is 50.9 Å². The first-order valence-electron chi connectivity index (χ1n) is 7.83. The van der Waals surface area contributed by atoms with Gasteiger partial charge >= 0.3 is 5.97 Å². The predicted molar refractivity (Wildman–Crippen MR) is 93.3 cm³/mol. The van der Waals surface area contributed by atoms with Crippen LogP contribution >= 0.6 is 0 Å². The monoisotopic (exact) mass is 301 g/mol. The number of anilines is 1. The van der Waals surface area contributed by atoms with Crippen LogP contribution in [0.3, 0.4) is 0 Å². The first-order valence-corrected chi connectivity index (χ1v) is 7.83. The lowest BCUT2D eigenvalue weighted by atomic mass is 10.1. The maximum absolute atomic E-state index is 11.7. The quantitative estimate of drug-likeness (QED) is 0.544. The minimum atomic E-state index is -0.278. The largest absolute Gasteiger partial charge is 0.462 e. The second-order valence-corrected chi connectivity index (χ2v) is 5.55. The lowest BCUT2D eigenvalue weighted by Crippen LogP contribution is -2.06. The Bertz CT molecular complexity index is 540. The zero-order chi connectivity index (χ0) is 16.4. The van der Waals surface area contributed by atoms with E-state index in [9.17, 15) is 4.79 Å². The number of carbonyl (C=O) groups excluding carboxylic acids is 1. The van der Waals surface area contributed by atoms with E-state index in [1.165, 1.54) is 11.1 Å². The number of esters is 1. The summed E-state index contributed by atoms with van der Waals surface area (Å²) in [5, 5.41) is 3.31. The molecule has 0 amide bonds. The Morgan fingerprint density at radius 1 is 1.23 bits per heavy atom. The molecule has 22 heavy (non-hydrogen) atoms. The van der Waals surface area contributed by atoms with Crippen molar-refractivity contribution in [3.05, 3.63) is 53.1 Å². The fourth-order valence-electron chi connectivity index (χ4n) is 2.00. The summed E-state index contributed by atoms with van der Waals surface area (Å²) in [5.74, 6) is -0.278. The maximum Gasteiger partial charge on any atom is 0.338 e. The van der Waals surface area contributed by atoms with Crippen LogP contribution in [0.4, 0.5) is 5.69 Å². The Labute approximate surface area is 134 Å². The van der Waals surface area contributed by atoms with Gasteiger partial charge in [0, 0.05) is 12.2 Å². The van der Waals surface area contributed by atoms with Gasteiger partial charge in [-0.05, 0) is 58.7 Å². The highest BCUT2D eigenvalue weighted by Crippen LogP contribution is 2.12. The Balaban J connectivity index is 2.49. The molecule has 1 aromatic carbocycles.